The van der Waals surface area contributed by atoms with Crippen LogP contribution in [0.1, 0.15) is 232 Å². The molecule has 10 aromatic rings. The molecule has 0 bridgehead atoms. The van der Waals surface area contributed by atoms with E-state index in [4.69, 9.17) is 0 Å². The topological polar surface area (TPSA) is 182 Å². The number of hydrogen-bond acceptors (Lipinski definition) is 9. The quantitative estimate of drug-likeness (QED) is 0.0206. The van der Waals surface area contributed by atoms with E-state index < -0.39 is 10.8 Å². The SMILES string of the molecule is CC(C)Cc1cc(Cc2cc(C(C)(C)c3ccc(C(C)(c4cc(Cc5ccc(O)c(CC(C)C)c5)c(O)c(Cc5ccc(O)c(CC(C)C)c5)c4)c4cc(Cc5ccc(O)c(CC(C)C)c5)c(O)c(Cc5ccc(O)c(CC(C)C)c5)c4)cc3)cc(Cc3ccc(O)c(CC(C)C)c3)c2O)ccc1O. The largest absolute Gasteiger partial charge is 0.508 e. The summed E-state index contributed by atoms with van der Waals surface area (Å²) in [5.74, 6) is 3.73. The zero-order valence-electron chi connectivity index (χ0n) is 64.1. The van der Waals surface area contributed by atoms with Gasteiger partial charge in [0, 0.05) is 49.4 Å². The Labute approximate surface area is 619 Å². The molecule has 9 nitrogen and oxygen atoms in total. The molecular weight excluding hydrogens is 1290 g/mol. The smallest absolute Gasteiger partial charge is 0.122 e. The first-order valence-corrected chi connectivity index (χ1v) is 37.7. The van der Waals surface area contributed by atoms with Crippen molar-refractivity contribution in [2.24, 2.45) is 35.5 Å². The molecule has 0 atom stereocenters. The normalized spacial score (nSPS) is 12.2. The summed E-state index contributed by atoms with van der Waals surface area (Å²) in [5.41, 5.74) is 18.0. The molecule has 0 radical (unpaired) electrons. The number of benzene rings is 10. The van der Waals surface area contributed by atoms with Crippen LogP contribution < -0.4 is 0 Å². The van der Waals surface area contributed by atoms with Gasteiger partial charge in [-0.2, -0.15) is 0 Å². The Kier molecular flexibility index (Phi) is 24.1. The van der Waals surface area contributed by atoms with Gasteiger partial charge in [-0.1, -0.05) is 230 Å². The minimum Gasteiger partial charge on any atom is -0.508 e. The van der Waals surface area contributed by atoms with Crippen molar-refractivity contribution >= 4 is 0 Å². The average molecular weight is 1400 g/mol. The van der Waals surface area contributed by atoms with Crippen molar-refractivity contribution in [3.05, 3.63) is 298 Å². The molecule has 10 aromatic carbocycles. The molecule has 0 aliphatic heterocycles. The van der Waals surface area contributed by atoms with Crippen LogP contribution in [0, 0.1) is 35.5 Å². The minimum atomic E-state index is -1.04. The molecule has 0 fully saturated rings. The van der Waals surface area contributed by atoms with Crippen LogP contribution in [-0.4, -0.2) is 46.0 Å². The van der Waals surface area contributed by atoms with E-state index >= 15 is 0 Å². The second-order valence-corrected chi connectivity index (χ2v) is 33.2. The average Bonchev–Trinajstić information content (AvgIpc) is 0.738. The van der Waals surface area contributed by atoms with E-state index in [0.717, 1.165) is 106 Å². The molecule has 0 aliphatic rings. The summed E-state index contributed by atoms with van der Waals surface area (Å²) >= 11 is 0. The number of rotatable bonds is 29. The van der Waals surface area contributed by atoms with Gasteiger partial charge in [0.2, 0.25) is 0 Å². The summed E-state index contributed by atoms with van der Waals surface area (Å²) in [6.45, 7) is 32.3. The van der Waals surface area contributed by atoms with Gasteiger partial charge < -0.3 is 46.0 Å². The van der Waals surface area contributed by atoms with E-state index in [1.807, 2.05) is 36.4 Å². The van der Waals surface area contributed by atoms with Crippen LogP contribution >= 0.6 is 0 Å². The Hall–Kier alpha value is -9.60. The van der Waals surface area contributed by atoms with Gasteiger partial charge in [-0.15, -0.1) is 0 Å². The van der Waals surface area contributed by atoms with Gasteiger partial charge >= 0.3 is 0 Å². The Balaban J connectivity index is 1.21. The van der Waals surface area contributed by atoms with E-state index in [9.17, 15) is 46.0 Å². The van der Waals surface area contributed by atoms with Gasteiger partial charge in [0.15, 0.2) is 0 Å². The molecule has 9 N–H and O–H groups in total. The van der Waals surface area contributed by atoms with Crippen LogP contribution in [0.4, 0.5) is 0 Å². The zero-order valence-corrected chi connectivity index (χ0v) is 64.1. The van der Waals surface area contributed by atoms with E-state index in [2.05, 4.69) is 201 Å². The molecule has 10 rings (SSSR count). The maximum atomic E-state index is 13.0. The molecule has 546 valence electrons. The molecule has 0 saturated heterocycles. The van der Waals surface area contributed by atoms with Gasteiger partial charge in [-0.05, 0) is 245 Å². The van der Waals surface area contributed by atoms with Gasteiger partial charge in [0.1, 0.15) is 51.7 Å². The van der Waals surface area contributed by atoms with E-state index in [1.54, 1.807) is 36.4 Å². The van der Waals surface area contributed by atoms with Crippen LogP contribution in [0.5, 0.6) is 51.7 Å². The number of aromatic hydroxyl groups is 9. The van der Waals surface area contributed by atoms with Crippen LogP contribution in [-0.2, 0) is 87.9 Å². The van der Waals surface area contributed by atoms with Gasteiger partial charge in [-0.25, -0.2) is 0 Å². The van der Waals surface area contributed by atoms with Crippen LogP contribution in [0.3, 0.4) is 0 Å². The number of phenols is 9. The maximum absolute atomic E-state index is 13.0. The van der Waals surface area contributed by atoms with Crippen molar-refractivity contribution in [3.8, 4) is 51.7 Å². The maximum Gasteiger partial charge on any atom is 0.122 e. The van der Waals surface area contributed by atoms with Crippen molar-refractivity contribution in [3.63, 3.8) is 0 Å². The van der Waals surface area contributed by atoms with Gasteiger partial charge in [0.05, 0.1) is 0 Å². The molecule has 0 aromatic heterocycles. The van der Waals surface area contributed by atoms with Crippen molar-refractivity contribution in [2.75, 3.05) is 0 Å². The fraction of sp³-hybridized carbons (Fsp3) is 0.368. The number of hydrogen-bond donors (Lipinski definition) is 9. The molecule has 9 heteroatoms. The molecule has 0 amide bonds. The monoisotopic (exact) mass is 1400 g/mol. The fourth-order valence-corrected chi connectivity index (χ4v) is 15.3. The van der Waals surface area contributed by atoms with Crippen LogP contribution in [0.15, 0.2) is 170 Å². The van der Waals surface area contributed by atoms with Crippen LogP contribution in [0.25, 0.3) is 0 Å². The summed E-state index contributed by atoms with van der Waals surface area (Å²) in [6.07, 6.45) is 6.31. The number of phenolic OH excluding ortho intramolecular Hbond substituents is 9. The highest BCUT2D eigenvalue weighted by molar-refractivity contribution is 5.62. The second kappa shape index (κ2) is 32.6. The molecular formula is C95H112O9. The van der Waals surface area contributed by atoms with Crippen molar-refractivity contribution in [2.45, 2.75) is 192 Å². The standard InChI is InChI=1S/C95H112O9/c1-56(2)32-68-38-62(16-26-85(68)96)44-74-50-82(51-75(91(74)102)45-63-17-27-86(97)69(39-63)33-57(3)4)94(13,14)80-22-24-81(25-23-80)95(15,83-52-76(46-64-18-28-87(98)70(40-64)34-58(5)6)92(103)77(53-83)47-65-19-29-88(99)71(41-65)35-59(7)8)84-54-78(48-66-20-30-89(100)72(42-66)36-60(9)10)93(104)79(55-84)49-67-21-31-90(101)73(43-67)37-61(11)12/h16-31,38-43,50-61,96-104H,32-37,44-49H2,1-15H3. The first-order valence-electron chi connectivity index (χ1n) is 37.7. The Morgan fingerprint density at radius 1 is 0.212 bits per heavy atom. The highest BCUT2D eigenvalue weighted by Crippen LogP contribution is 2.47. The molecule has 0 aliphatic carbocycles. The summed E-state index contributed by atoms with van der Waals surface area (Å²) in [6, 6.07) is 56.1. The molecule has 104 heavy (non-hydrogen) atoms. The van der Waals surface area contributed by atoms with Crippen molar-refractivity contribution in [1.29, 1.82) is 0 Å². The summed E-state index contributed by atoms with van der Waals surface area (Å²) in [4.78, 5) is 0. The molecule has 0 heterocycles. The summed E-state index contributed by atoms with van der Waals surface area (Å²) in [7, 11) is 0. The Bertz CT molecular complexity index is 4250. The fourth-order valence-electron chi connectivity index (χ4n) is 15.3. The first kappa shape index (κ1) is 77.0. The third-order valence-electron chi connectivity index (χ3n) is 20.9. The Morgan fingerprint density at radius 2 is 0.394 bits per heavy atom. The Morgan fingerprint density at radius 3 is 0.587 bits per heavy atom. The predicted molar refractivity (Wildman–Crippen MR) is 425 cm³/mol. The van der Waals surface area contributed by atoms with Gasteiger partial charge in [-0.3, -0.25) is 0 Å². The minimum absolute atomic E-state index is 0.154. The summed E-state index contributed by atoms with van der Waals surface area (Å²) in [5, 5.41) is 105. The van der Waals surface area contributed by atoms with E-state index in [0.29, 0.717) is 111 Å². The zero-order chi connectivity index (χ0) is 75.2. The second-order valence-electron chi connectivity index (χ2n) is 33.2. The van der Waals surface area contributed by atoms with Crippen molar-refractivity contribution < 1.29 is 46.0 Å². The lowest BCUT2D eigenvalue weighted by Gasteiger charge is -2.35. The third-order valence-corrected chi connectivity index (χ3v) is 20.9. The lowest BCUT2D eigenvalue weighted by molar-refractivity contribution is 0.459. The highest BCUT2D eigenvalue weighted by atomic mass is 16.3. The lowest BCUT2D eigenvalue weighted by atomic mass is 9.68. The van der Waals surface area contributed by atoms with E-state index in [-0.39, 0.29) is 75.4 Å². The van der Waals surface area contributed by atoms with E-state index in [1.165, 1.54) is 0 Å². The highest BCUT2D eigenvalue weighted by Gasteiger charge is 2.36. The van der Waals surface area contributed by atoms with Crippen LogP contribution in [0.2, 0.25) is 0 Å². The lowest BCUT2D eigenvalue weighted by Crippen LogP contribution is -2.27. The van der Waals surface area contributed by atoms with Gasteiger partial charge in [0.25, 0.3) is 0 Å². The first-order chi connectivity index (χ1) is 49.2. The molecule has 0 spiro atoms. The third kappa shape index (κ3) is 18.5. The molecule has 0 unspecified atom stereocenters. The van der Waals surface area contributed by atoms with Crippen molar-refractivity contribution in [1.82, 2.24) is 0 Å². The summed E-state index contributed by atoms with van der Waals surface area (Å²) < 4.78 is 0. The predicted octanol–water partition coefficient (Wildman–Crippen LogP) is 21.5. The molecule has 0 saturated carbocycles.